The molecule has 1 atom stereocenters. The highest BCUT2D eigenvalue weighted by molar-refractivity contribution is 7.92. The Morgan fingerprint density at radius 3 is 2.23 bits per heavy atom. The SMILES string of the molecule is CCC(C(=O)NC(C)C)N(Cc1ccc(Cl)cc1Cl)C(=O)CN(c1ccc(C)cc1C)S(C)(=O)=O. The Morgan fingerprint density at radius 1 is 1.06 bits per heavy atom. The summed E-state index contributed by atoms with van der Waals surface area (Å²) in [5, 5.41) is 3.64. The van der Waals surface area contributed by atoms with E-state index in [2.05, 4.69) is 5.32 Å². The van der Waals surface area contributed by atoms with Crippen molar-refractivity contribution in [2.45, 2.75) is 59.7 Å². The van der Waals surface area contributed by atoms with Crippen molar-refractivity contribution >= 4 is 50.7 Å². The maximum Gasteiger partial charge on any atom is 0.244 e. The molecule has 0 fully saturated rings. The van der Waals surface area contributed by atoms with Gasteiger partial charge in [0.05, 0.1) is 11.9 Å². The lowest BCUT2D eigenvalue weighted by Gasteiger charge is -2.33. The fraction of sp³-hybridized carbons (Fsp3) is 0.440. The molecule has 2 aromatic carbocycles. The molecule has 0 aliphatic carbocycles. The van der Waals surface area contributed by atoms with E-state index in [1.807, 2.05) is 26.8 Å². The standard InChI is InChI=1S/C25H33Cl2N3O4S/c1-7-22(25(32)28-16(2)3)29(14-19-9-10-20(26)13-21(19)27)24(31)15-30(35(6,33)34)23-11-8-17(4)12-18(23)5/h8-13,16,22H,7,14-15H2,1-6H3,(H,28,32). The van der Waals surface area contributed by atoms with Gasteiger partial charge in [0.25, 0.3) is 0 Å². The highest BCUT2D eigenvalue weighted by Crippen LogP contribution is 2.26. The summed E-state index contributed by atoms with van der Waals surface area (Å²) in [6.07, 6.45) is 1.39. The number of nitrogens with zero attached hydrogens (tertiary/aromatic N) is 2. The number of carbonyl (C=O) groups excluding carboxylic acids is 2. The first-order valence-corrected chi connectivity index (χ1v) is 13.9. The van der Waals surface area contributed by atoms with Crippen LogP contribution >= 0.6 is 23.2 Å². The van der Waals surface area contributed by atoms with Gasteiger partial charge in [0.15, 0.2) is 0 Å². The molecule has 0 bridgehead atoms. The van der Waals surface area contributed by atoms with Crippen molar-refractivity contribution < 1.29 is 18.0 Å². The number of sulfonamides is 1. The number of rotatable bonds is 10. The fourth-order valence-electron chi connectivity index (χ4n) is 3.81. The minimum Gasteiger partial charge on any atom is -0.352 e. The topological polar surface area (TPSA) is 86.8 Å². The van der Waals surface area contributed by atoms with Gasteiger partial charge in [-0.15, -0.1) is 0 Å². The van der Waals surface area contributed by atoms with Gasteiger partial charge >= 0.3 is 0 Å². The van der Waals surface area contributed by atoms with Gasteiger partial charge in [-0.1, -0.05) is 53.9 Å². The van der Waals surface area contributed by atoms with Gasteiger partial charge in [0.2, 0.25) is 21.8 Å². The van der Waals surface area contributed by atoms with Gasteiger partial charge < -0.3 is 10.2 Å². The number of halogens is 2. The number of hydrogen-bond acceptors (Lipinski definition) is 4. The zero-order chi connectivity index (χ0) is 26.5. The third-order valence-corrected chi connectivity index (χ3v) is 7.19. The average molecular weight is 543 g/mol. The van der Waals surface area contributed by atoms with Crippen molar-refractivity contribution in [1.82, 2.24) is 10.2 Å². The van der Waals surface area contributed by atoms with Crippen LogP contribution in [0.2, 0.25) is 10.0 Å². The van der Waals surface area contributed by atoms with Crippen molar-refractivity contribution in [3.8, 4) is 0 Å². The van der Waals surface area contributed by atoms with Crippen molar-refractivity contribution in [2.75, 3.05) is 17.1 Å². The lowest BCUT2D eigenvalue weighted by atomic mass is 10.1. The van der Waals surface area contributed by atoms with Crippen LogP contribution in [0.1, 0.15) is 43.9 Å². The molecular weight excluding hydrogens is 509 g/mol. The van der Waals surface area contributed by atoms with Crippen LogP contribution in [0.4, 0.5) is 5.69 Å². The van der Waals surface area contributed by atoms with E-state index in [9.17, 15) is 18.0 Å². The van der Waals surface area contributed by atoms with E-state index >= 15 is 0 Å². The molecule has 0 aliphatic heterocycles. The van der Waals surface area contributed by atoms with Crippen LogP contribution in [-0.2, 0) is 26.2 Å². The molecule has 0 radical (unpaired) electrons. The first-order valence-electron chi connectivity index (χ1n) is 11.3. The maximum atomic E-state index is 13.7. The van der Waals surface area contributed by atoms with Crippen LogP contribution in [0.5, 0.6) is 0 Å². The Hall–Kier alpha value is -2.29. The van der Waals surface area contributed by atoms with Gasteiger partial charge in [-0.2, -0.15) is 0 Å². The minimum atomic E-state index is -3.80. The summed E-state index contributed by atoms with van der Waals surface area (Å²) in [4.78, 5) is 28.1. The second-order valence-electron chi connectivity index (χ2n) is 8.90. The second-order valence-corrected chi connectivity index (χ2v) is 11.7. The zero-order valence-corrected chi connectivity index (χ0v) is 23.3. The lowest BCUT2D eigenvalue weighted by molar-refractivity contribution is -0.140. The predicted molar refractivity (Wildman–Crippen MR) is 142 cm³/mol. The molecule has 0 saturated heterocycles. The molecule has 192 valence electrons. The Bertz CT molecular complexity index is 1190. The third kappa shape index (κ3) is 7.85. The van der Waals surface area contributed by atoms with E-state index in [0.717, 1.165) is 21.7 Å². The van der Waals surface area contributed by atoms with E-state index in [-0.39, 0.29) is 18.5 Å². The number of benzene rings is 2. The van der Waals surface area contributed by atoms with Crippen molar-refractivity contribution in [3.05, 3.63) is 63.1 Å². The predicted octanol–water partition coefficient (Wildman–Crippen LogP) is 4.71. The summed E-state index contributed by atoms with van der Waals surface area (Å²) in [5.41, 5.74) is 2.70. The average Bonchev–Trinajstić information content (AvgIpc) is 2.72. The van der Waals surface area contributed by atoms with E-state index in [1.54, 1.807) is 44.2 Å². The lowest BCUT2D eigenvalue weighted by Crippen LogP contribution is -2.53. The molecule has 2 aromatic rings. The maximum absolute atomic E-state index is 13.7. The Balaban J connectivity index is 2.51. The molecule has 0 aliphatic rings. The van der Waals surface area contributed by atoms with Crippen molar-refractivity contribution in [2.24, 2.45) is 0 Å². The monoisotopic (exact) mass is 541 g/mol. The number of nitrogens with one attached hydrogen (secondary N) is 1. The third-order valence-electron chi connectivity index (χ3n) is 5.47. The van der Waals surface area contributed by atoms with Crippen molar-refractivity contribution in [3.63, 3.8) is 0 Å². The molecule has 2 amide bonds. The highest BCUT2D eigenvalue weighted by atomic mass is 35.5. The quantitative estimate of drug-likeness (QED) is 0.471. The van der Waals surface area contributed by atoms with Gasteiger partial charge in [0, 0.05) is 22.6 Å². The largest absolute Gasteiger partial charge is 0.352 e. The normalized spacial score (nSPS) is 12.4. The number of hydrogen-bond donors (Lipinski definition) is 1. The molecule has 1 N–H and O–H groups in total. The summed E-state index contributed by atoms with van der Waals surface area (Å²) < 4.78 is 26.5. The molecule has 10 heteroatoms. The molecule has 0 heterocycles. The van der Waals surface area contributed by atoms with E-state index in [4.69, 9.17) is 23.2 Å². The Morgan fingerprint density at radius 2 is 1.71 bits per heavy atom. The minimum absolute atomic E-state index is 0.0172. The van der Waals surface area contributed by atoms with Gasteiger partial charge in [-0.05, 0) is 63.4 Å². The van der Waals surface area contributed by atoms with Crippen LogP contribution in [0, 0.1) is 13.8 Å². The first kappa shape index (κ1) is 28.9. The molecule has 0 aromatic heterocycles. The van der Waals surface area contributed by atoms with E-state index < -0.39 is 28.5 Å². The molecular formula is C25H33Cl2N3O4S. The van der Waals surface area contributed by atoms with E-state index in [1.165, 1.54) is 4.90 Å². The number of amides is 2. The molecule has 1 unspecified atom stereocenters. The van der Waals surface area contributed by atoms with Gasteiger partial charge in [0.1, 0.15) is 12.6 Å². The van der Waals surface area contributed by atoms with Crippen LogP contribution in [0.25, 0.3) is 0 Å². The van der Waals surface area contributed by atoms with Crippen LogP contribution < -0.4 is 9.62 Å². The van der Waals surface area contributed by atoms with Crippen LogP contribution in [-0.4, -0.2) is 50.0 Å². The fourth-order valence-corrected chi connectivity index (χ4v) is 5.19. The first-order chi connectivity index (χ1) is 16.2. The summed E-state index contributed by atoms with van der Waals surface area (Å²) in [6, 6.07) is 9.29. The second kappa shape index (κ2) is 12.1. The van der Waals surface area contributed by atoms with Gasteiger partial charge in [-0.25, -0.2) is 8.42 Å². The molecule has 0 spiro atoms. The van der Waals surface area contributed by atoms with Crippen molar-refractivity contribution in [1.29, 1.82) is 0 Å². The summed E-state index contributed by atoms with van der Waals surface area (Å²) in [7, 11) is -3.80. The van der Waals surface area contributed by atoms with Gasteiger partial charge in [-0.3, -0.25) is 13.9 Å². The zero-order valence-electron chi connectivity index (χ0n) is 20.9. The Labute approximate surface area is 218 Å². The van der Waals surface area contributed by atoms with Crippen LogP contribution in [0.15, 0.2) is 36.4 Å². The molecule has 35 heavy (non-hydrogen) atoms. The highest BCUT2D eigenvalue weighted by Gasteiger charge is 2.32. The number of carbonyl (C=O) groups is 2. The van der Waals surface area contributed by atoms with E-state index in [0.29, 0.717) is 27.7 Å². The summed E-state index contributed by atoms with van der Waals surface area (Å²) >= 11 is 12.4. The molecule has 7 nitrogen and oxygen atoms in total. The molecule has 2 rings (SSSR count). The number of anilines is 1. The Kier molecular flexibility index (Phi) is 10.0. The summed E-state index contributed by atoms with van der Waals surface area (Å²) in [6.45, 7) is 8.72. The smallest absolute Gasteiger partial charge is 0.244 e. The summed E-state index contributed by atoms with van der Waals surface area (Å²) in [5.74, 6) is -0.842. The molecule has 0 saturated carbocycles. The number of aryl methyl sites for hydroxylation is 2. The van der Waals surface area contributed by atoms with Crippen LogP contribution in [0.3, 0.4) is 0 Å².